The van der Waals surface area contributed by atoms with Crippen LogP contribution in [0.15, 0.2) is 59.6 Å². The lowest BCUT2D eigenvalue weighted by molar-refractivity contribution is 0.146. The lowest BCUT2D eigenvalue weighted by Crippen LogP contribution is -2.44. The Balaban J connectivity index is 0.00000341. The predicted octanol–water partition coefficient (Wildman–Crippen LogP) is 3.66. The van der Waals surface area contributed by atoms with Gasteiger partial charge in [0.1, 0.15) is 12.4 Å². The van der Waals surface area contributed by atoms with Gasteiger partial charge < -0.3 is 20.1 Å². The molecule has 1 heterocycles. The summed E-state index contributed by atoms with van der Waals surface area (Å²) in [4.78, 5) is 6.95. The highest BCUT2D eigenvalue weighted by molar-refractivity contribution is 14.0. The molecule has 1 fully saturated rings. The molecule has 1 saturated heterocycles. The minimum atomic E-state index is 0. The number of likely N-dealkylation sites (tertiary alicyclic amines) is 1. The number of rotatable bonds is 10. The summed E-state index contributed by atoms with van der Waals surface area (Å²) in [5.41, 5.74) is 2.56. The Morgan fingerprint density at radius 3 is 2.52 bits per heavy atom. The standard InChI is InChI=1S/C24H34N4O2.HI/c1-25-24(26-17-20-10-12-23(13-11-20)30-16-15-29-2)27-18-22-9-6-14-28(22)19-21-7-4-3-5-8-21;/h3-5,7-8,10-13,22H,6,9,14-19H2,1-2H3,(H2,25,26,27);1H. The number of nitrogens with zero attached hydrogens (tertiary/aromatic N) is 2. The van der Waals surface area contributed by atoms with Crippen LogP contribution in [0.1, 0.15) is 24.0 Å². The van der Waals surface area contributed by atoms with Gasteiger partial charge in [-0.3, -0.25) is 9.89 Å². The van der Waals surface area contributed by atoms with Gasteiger partial charge in [0.15, 0.2) is 5.96 Å². The minimum absolute atomic E-state index is 0. The van der Waals surface area contributed by atoms with E-state index < -0.39 is 0 Å². The van der Waals surface area contributed by atoms with Crippen LogP contribution in [0.4, 0.5) is 0 Å². The molecule has 6 nitrogen and oxygen atoms in total. The second-order valence-corrected chi connectivity index (χ2v) is 7.54. The van der Waals surface area contributed by atoms with Gasteiger partial charge in [-0.15, -0.1) is 24.0 Å². The molecule has 7 heteroatoms. The Morgan fingerprint density at radius 1 is 1.03 bits per heavy atom. The van der Waals surface area contributed by atoms with Crippen molar-refractivity contribution < 1.29 is 9.47 Å². The van der Waals surface area contributed by atoms with Gasteiger partial charge in [0.25, 0.3) is 0 Å². The molecule has 3 rings (SSSR count). The van der Waals surface area contributed by atoms with Gasteiger partial charge in [0, 0.05) is 39.8 Å². The highest BCUT2D eigenvalue weighted by Gasteiger charge is 2.24. The molecule has 2 aromatic rings. The number of ether oxygens (including phenoxy) is 2. The van der Waals surface area contributed by atoms with Crippen molar-refractivity contribution in [3.63, 3.8) is 0 Å². The van der Waals surface area contributed by atoms with Crippen molar-refractivity contribution in [2.75, 3.05) is 40.5 Å². The van der Waals surface area contributed by atoms with E-state index in [4.69, 9.17) is 9.47 Å². The Bertz CT molecular complexity index is 771. The normalized spacial score (nSPS) is 16.6. The third kappa shape index (κ3) is 8.66. The number of aliphatic imine (C=N–C) groups is 1. The van der Waals surface area contributed by atoms with Crippen LogP contribution < -0.4 is 15.4 Å². The number of hydrogen-bond acceptors (Lipinski definition) is 4. The monoisotopic (exact) mass is 538 g/mol. The maximum Gasteiger partial charge on any atom is 0.191 e. The summed E-state index contributed by atoms with van der Waals surface area (Å²) in [7, 11) is 3.49. The number of benzene rings is 2. The second-order valence-electron chi connectivity index (χ2n) is 7.54. The maximum atomic E-state index is 5.61. The molecule has 2 aromatic carbocycles. The molecule has 0 aromatic heterocycles. The summed E-state index contributed by atoms with van der Waals surface area (Å²) in [5, 5.41) is 6.91. The average molecular weight is 538 g/mol. The second kappa shape index (κ2) is 14.3. The molecule has 0 amide bonds. The van der Waals surface area contributed by atoms with Gasteiger partial charge in [-0.2, -0.15) is 0 Å². The number of halogens is 1. The summed E-state index contributed by atoms with van der Waals surface area (Å²) >= 11 is 0. The molecule has 170 valence electrons. The zero-order valence-electron chi connectivity index (χ0n) is 18.5. The predicted molar refractivity (Wildman–Crippen MR) is 137 cm³/mol. The summed E-state index contributed by atoms with van der Waals surface area (Å²) in [6.45, 7) is 4.95. The van der Waals surface area contributed by atoms with E-state index in [-0.39, 0.29) is 24.0 Å². The maximum absolute atomic E-state index is 5.61. The molecule has 0 aliphatic carbocycles. The van der Waals surface area contributed by atoms with Gasteiger partial charge in [-0.05, 0) is 42.6 Å². The number of nitrogens with one attached hydrogen (secondary N) is 2. The molecule has 1 atom stereocenters. The highest BCUT2D eigenvalue weighted by Crippen LogP contribution is 2.19. The van der Waals surface area contributed by atoms with Crippen LogP contribution in [0.5, 0.6) is 5.75 Å². The van der Waals surface area contributed by atoms with E-state index in [1.165, 1.54) is 24.0 Å². The molecule has 0 spiro atoms. The Morgan fingerprint density at radius 2 is 1.81 bits per heavy atom. The molecule has 2 N–H and O–H groups in total. The fraction of sp³-hybridized carbons (Fsp3) is 0.458. The van der Waals surface area contributed by atoms with E-state index in [9.17, 15) is 0 Å². The van der Waals surface area contributed by atoms with E-state index in [2.05, 4.69) is 63.0 Å². The quantitative estimate of drug-likeness (QED) is 0.209. The third-order valence-electron chi connectivity index (χ3n) is 5.40. The average Bonchev–Trinajstić information content (AvgIpc) is 3.22. The molecule has 0 radical (unpaired) electrons. The van der Waals surface area contributed by atoms with Crippen LogP contribution in [0, 0.1) is 0 Å². The fourth-order valence-electron chi connectivity index (χ4n) is 3.72. The molecule has 0 bridgehead atoms. The number of methoxy groups -OCH3 is 1. The molecule has 1 aliphatic rings. The minimum Gasteiger partial charge on any atom is -0.491 e. The third-order valence-corrected chi connectivity index (χ3v) is 5.40. The lowest BCUT2D eigenvalue weighted by Gasteiger charge is -2.25. The smallest absolute Gasteiger partial charge is 0.191 e. The van der Waals surface area contributed by atoms with Crippen LogP contribution in [-0.4, -0.2) is 57.4 Å². The van der Waals surface area contributed by atoms with Crippen molar-refractivity contribution in [3.8, 4) is 5.75 Å². The number of hydrogen-bond donors (Lipinski definition) is 2. The van der Waals surface area contributed by atoms with Gasteiger partial charge in [0.05, 0.1) is 6.61 Å². The molecule has 1 unspecified atom stereocenters. The summed E-state index contributed by atoms with van der Waals surface area (Å²) < 4.78 is 10.6. The highest BCUT2D eigenvalue weighted by atomic mass is 127. The lowest BCUT2D eigenvalue weighted by atomic mass is 10.2. The Labute approximate surface area is 203 Å². The van der Waals surface area contributed by atoms with Crippen molar-refractivity contribution in [3.05, 3.63) is 65.7 Å². The zero-order chi connectivity index (χ0) is 21.0. The SMILES string of the molecule is CN=C(NCc1ccc(OCCOC)cc1)NCC1CCCN1Cc1ccccc1.I. The first kappa shape index (κ1) is 25.4. The van der Waals surface area contributed by atoms with Crippen LogP contribution >= 0.6 is 24.0 Å². The molecule has 31 heavy (non-hydrogen) atoms. The number of guanidine groups is 1. The first-order chi connectivity index (χ1) is 14.8. The van der Waals surface area contributed by atoms with Crippen LogP contribution in [-0.2, 0) is 17.8 Å². The van der Waals surface area contributed by atoms with E-state index in [1.54, 1.807) is 7.11 Å². The summed E-state index contributed by atoms with van der Waals surface area (Å²) in [6.07, 6.45) is 2.48. The van der Waals surface area contributed by atoms with Crippen LogP contribution in [0.25, 0.3) is 0 Å². The Hall–Kier alpha value is -1.84. The first-order valence-electron chi connectivity index (χ1n) is 10.7. The van der Waals surface area contributed by atoms with Crippen molar-refractivity contribution in [2.45, 2.75) is 32.0 Å². The summed E-state index contributed by atoms with van der Waals surface area (Å²) in [6, 6.07) is 19.4. The van der Waals surface area contributed by atoms with Crippen molar-refractivity contribution in [2.24, 2.45) is 4.99 Å². The van der Waals surface area contributed by atoms with Gasteiger partial charge in [0.2, 0.25) is 0 Å². The summed E-state index contributed by atoms with van der Waals surface area (Å²) in [5.74, 6) is 1.69. The molecular weight excluding hydrogens is 503 g/mol. The molecule has 1 aliphatic heterocycles. The van der Waals surface area contributed by atoms with Gasteiger partial charge in [-0.1, -0.05) is 42.5 Å². The van der Waals surface area contributed by atoms with E-state index in [0.717, 1.165) is 37.9 Å². The van der Waals surface area contributed by atoms with Crippen LogP contribution in [0.3, 0.4) is 0 Å². The largest absolute Gasteiger partial charge is 0.491 e. The Kier molecular flexibility index (Phi) is 11.7. The van der Waals surface area contributed by atoms with Gasteiger partial charge >= 0.3 is 0 Å². The van der Waals surface area contributed by atoms with Crippen molar-refractivity contribution >= 4 is 29.9 Å². The first-order valence-corrected chi connectivity index (χ1v) is 10.7. The van der Waals surface area contributed by atoms with E-state index in [0.29, 0.717) is 19.3 Å². The fourth-order valence-corrected chi connectivity index (χ4v) is 3.72. The van der Waals surface area contributed by atoms with E-state index in [1.807, 2.05) is 19.2 Å². The molecule has 0 saturated carbocycles. The van der Waals surface area contributed by atoms with Gasteiger partial charge in [-0.25, -0.2) is 0 Å². The topological polar surface area (TPSA) is 58.1 Å². The van der Waals surface area contributed by atoms with Crippen molar-refractivity contribution in [1.29, 1.82) is 0 Å². The van der Waals surface area contributed by atoms with Crippen LogP contribution in [0.2, 0.25) is 0 Å². The van der Waals surface area contributed by atoms with Crippen molar-refractivity contribution in [1.82, 2.24) is 15.5 Å². The van der Waals surface area contributed by atoms with E-state index >= 15 is 0 Å². The molecular formula is C24H35IN4O2. The zero-order valence-corrected chi connectivity index (χ0v) is 20.9.